The molecule has 4 nitrogen and oxygen atoms in total. The molecule has 2 aromatic rings. The second kappa shape index (κ2) is 5.09. The summed E-state index contributed by atoms with van der Waals surface area (Å²) in [6.45, 7) is 0. The van der Waals surface area contributed by atoms with Crippen molar-refractivity contribution in [2.45, 2.75) is 0 Å². The first-order valence-electron chi connectivity index (χ1n) is 4.80. The van der Waals surface area contributed by atoms with E-state index < -0.39 is 0 Å². The number of halogens is 2. The van der Waals surface area contributed by atoms with Gasteiger partial charge in [0.15, 0.2) is 0 Å². The zero-order valence-electron chi connectivity index (χ0n) is 8.74. The van der Waals surface area contributed by atoms with E-state index in [-0.39, 0.29) is 0 Å². The summed E-state index contributed by atoms with van der Waals surface area (Å²) in [6.07, 6.45) is 0. The second-order valence-electron chi connectivity index (χ2n) is 3.42. The first kappa shape index (κ1) is 12.4. The van der Waals surface area contributed by atoms with Gasteiger partial charge in [-0.2, -0.15) is 0 Å². The predicted octanol–water partition coefficient (Wildman–Crippen LogP) is 3.36. The van der Waals surface area contributed by atoms with Crippen molar-refractivity contribution >= 4 is 61.5 Å². The van der Waals surface area contributed by atoms with Gasteiger partial charge in [-0.3, -0.25) is 0 Å². The summed E-state index contributed by atoms with van der Waals surface area (Å²) in [5.74, 6) is 1.01. The molecule has 1 aromatic carbocycles. The van der Waals surface area contributed by atoms with E-state index in [2.05, 4.69) is 48.8 Å². The van der Waals surface area contributed by atoms with Gasteiger partial charge in [-0.1, -0.05) is 0 Å². The van der Waals surface area contributed by atoms with Crippen LogP contribution in [0.5, 0.6) is 0 Å². The molecular weight excluding hydrogens is 395 g/mol. The van der Waals surface area contributed by atoms with E-state index in [1.165, 1.54) is 0 Å². The SMILES string of the molecule is Nc1ccc(Nc2ccc(Br)c(I)c2)nc1N. The maximum Gasteiger partial charge on any atom is 0.149 e. The van der Waals surface area contributed by atoms with Crippen molar-refractivity contribution in [2.75, 3.05) is 16.8 Å². The minimum absolute atomic E-state index is 0.335. The maximum absolute atomic E-state index is 5.64. The quantitative estimate of drug-likeness (QED) is 0.670. The molecule has 17 heavy (non-hydrogen) atoms. The van der Waals surface area contributed by atoms with Crippen molar-refractivity contribution in [3.8, 4) is 0 Å². The Labute approximate surface area is 121 Å². The summed E-state index contributed by atoms with van der Waals surface area (Å²) in [6, 6.07) is 9.47. The molecule has 2 rings (SSSR count). The second-order valence-corrected chi connectivity index (χ2v) is 5.44. The van der Waals surface area contributed by atoms with Crippen LogP contribution in [0.3, 0.4) is 0 Å². The number of hydrogen-bond donors (Lipinski definition) is 3. The fourth-order valence-electron chi connectivity index (χ4n) is 1.28. The maximum atomic E-state index is 5.64. The average molecular weight is 405 g/mol. The van der Waals surface area contributed by atoms with Crippen LogP contribution in [-0.4, -0.2) is 4.98 Å². The van der Waals surface area contributed by atoms with E-state index in [0.717, 1.165) is 13.7 Å². The van der Waals surface area contributed by atoms with Gasteiger partial charge in [0.05, 0.1) is 5.69 Å². The highest BCUT2D eigenvalue weighted by atomic mass is 127. The van der Waals surface area contributed by atoms with Gasteiger partial charge >= 0.3 is 0 Å². The Hall–Kier alpha value is -1.02. The van der Waals surface area contributed by atoms with Crippen molar-refractivity contribution in [3.05, 3.63) is 38.4 Å². The van der Waals surface area contributed by atoms with Gasteiger partial charge in [-0.05, 0) is 68.9 Å². The normalized spacial score (nSPS) is 10.2. The predicted molar refractivity (Wildman–Crippen MR) is 83.2 cm³/mol. The fraction of sp³-hybridized carbons (Fsp3) is 0. The molecule has 0 atom stereocenters. The molecule has 6 heteroatoms. The summed E-state index contributed by atoms with van der Waals surface area (Å²) in [5.41, 5.74) is 12.7. The summed E-state index contributed by atoms with van der Waals surface area (Å²) in [7, 11) is 0. The van der Waals surface area contributed by atoms with Crippen LogP contribution < -0.4 is 16.8 Å². The third kappa shape index (κ3) is 3.01. The Morgan fingerprint density at radius 2 is 1.94 bits per heavy atom. The van der Waals surface area contributed by atoms with Crippen molar-refractivity contribution < 1.29 is 0 Å². The Morgan fingerprint density at radius 1 is 1.18 bits per heavy atom. The van der Waals surface area contributed by atoms with Gasteiger partial charge in [0.25, 0.3) is 0 Å². The lowest BCUT2D eigenvalue weighted by Gasteiger charge is -2.08. The first-order chi connectivity index (χ1) is 8.06. The number of pyridine rings is 1. The number of nitrogens with two attached hydrogens (primary N) is 2. The molecule has 0 fully saturated rings. The number of nitrogens with one attached hydrogen (secondary N) is 1. The van der Waals surface area contributed by atoms with Gasteiger partial charge in [0.1, 0.15) is 11.6 Å². The average Bonchev–Trinajstić information content (AvgIpc) is 2.29. The fourth-order valence-corrected chi connectivity index (χ4v) is 2.04. The molecular formula is C11H10BrIN4. The van der Waals surface area contributed by atoms with Crippen molar-refractivity contribution in [1.82, 2.24) is 4.98 Å². The van der Waals surface area contributed by atoms with Crippen molar-refractivity contribution in [3.63, 3.8) is 0 Å². The summed E-state index contributed by atoms with van der Waals surface area (Å²) in [5, 5.41) is 3.17. The molecule has 0 unspecified atom stereocenters. The number of nitrogen functional groups attached to an aromatic ring is 2. The first-order valence-corrected chi connectivity index (χ1v) is 6.67. The monoisotopic (exact) mass is 404 g/mol. The number of benzene rings is 1. The zero-order chi connectivity index (χ0) is 12.4. The molecule has 0 aliphatic heterocycles. The molecule has 0 saturated heterocycles. The Balaban J connectivity index is 2.25. The highest BCUT2D eigenvalue weighted by Crippen LogP contribution is 2.25. The largest absolute Gasteiger partial charge is 0.396 e. The third-order valence-corrected chi connectivity index (χ3v) is 4.47. The van der Waals surface area contributed by atoms with Crippen LogP contribution in [0.4, 0.5) is 23.0 Å². The Bertz CT molecular complexity index is 510. The smallest absolute Gasteiger partial charge is 0.149 e. The number of nitrogens with zero attached hydrogens (tertiary/aromatic N) is 1. The standard InChI is InChI=1S/C11H10BrIN4/c12-7-2-1-6(5-8(7)13)16-10-4-3-9(14)11(15)17-10/h1-5H,14H2,(H3,15,16,17). The molecule has 0 radical (unpaired) electrons. The molecule has 0 aliphatic carbocycles. The minimum Gasteiger partial charge on any atom is -0.396 e. The molecule has 0 bridgehead atoms. The van der Waals surface area contributed by atoms with E-state index in [4.69, 9.17) is 11.5 Å². The molecule has 0 aliphatic rings. The number of rotatable bonds is 2. The van der Waals surface area contributed by atoms with E-state index in [1.807, 2.05) is 18.2 Å². The molecule has 0 amide bonds. The van der Waals surface area contributed by atoms with Crippen molar-refractivity contribution in [1.29, 1.82) is 0 Å². The molecule has 1 aromatic heterocycles. The Morgan fingerprint density at radius 3 is 2.59 bits per heavy atom. The van der Waals surface area contributed by atoms with Crippen LogP contribution in [0.1, 0.15) is 0 Å². The van der Waals surface area contributed by atoms with Crippen molar-refractivity contribution in [2.24, 2.45) is 0 Å². The number of aromatic nitrogens is 1. The van der Waals surface area contributed by atoms with Gasteiger partial charge < -0.3 is 16.8 Å². The van der Waals surface area contributed by atoms with Gasteiger partial charge in [-0.15, -0.1) is 0 Å². The van der Waals surface area contributed by atoms with Crippen LogP contribution in [-0.2, 0) is 0 Å². The van der Waals surface area contributed by atoms with E-state index in [1.54, 1.807) is 12.1 Å². The third-order valence-electron chi connectivity index (χ3n) is 2.15. The molecule has 88 valence electrons. The highest BCUT2D eigenvalue weighted by Gasteiger charge is 2.02. The molecule has 5 N–H and O–H groups in total. The van der Waals surface area contributed by atoms with Crippen LogP contribution in [0.15, 0.2) is 34.8 Å². The van der Waals surface area contributed by atoms with E-state index in [9.17, 15) is 0 Å². The lowest BCUT2D eigenvalue weighted by Crippen LogP contribution is -2.01. The van der Waals surface area contributed by atoms with E-state index >= 15 is 0 Å². The van der Waals surface area contributed by atoms with Gasteiger partial charge in [0.2, 0.25) is 0 Å². The molecule has 0 saturated carbocycles. The summed E-state index contributed by atoms with van der Waals surface area (Å²) >= 11 is 5.70. The molecule has 0 spiro atoms. The minimum atomic E-state index is 0.335. The number of anilines is 4. The van der Waals surface area contributed by atoms with Gasteiger partial charge in [0, 0.05) is 13.7 Å². The topological polar surface area (TPSA) is 77.0 Å². The summed E-state index contributed by atoms with van der Waals surface area (Å²) < 4.78 is 2.18. The lowest BCUT2D eigenvalue weighted by molar-refractivity contribution is 1.32. The van der Waals surface area contributed by atoms with Crippen LogP contribution in [0, 0.1) is 3.57 Å². The van der Waals surface area contributed by atoms with Crippen LogP contribution in [0.25, 0.3) is 0 Å². The van der Waals surface area contributed by atoms with E-state index in [0.29, 0.717) is 17.3 Å². The summed E-state index contributed by atoms with van der Waals surface area (Å²) in [4.78, 5) is 4.15. The zero-order valence-corrected chi connectivity index (χ0v) is 12.5. The number of hydrogen-bond acceptors (Lipinski definition) is 4. The highest BCUT2D eigenvalue weighted by molar-refractivity contribution is 14.1. The van der Waals surface area contributed by atoms with Crippen LogP contribution in [0.2, 0.25) is 0 Å². The Kier molecular flexibility index (Phi) is 3.72. The lowest BCUT2D eigenvalue weighted by atomic mass is 10.3. The molecule has 1 heterocycles. The van der Waals surface area contributed by atoms with Gasteiger partial charge in [-0.25, -0.2) is 4.98 Å². The van der Waals surface area contributed by atoms with Crippen LogP contribution >= 0.6 is 38.5 Å².